The van der Waals surface area contributed by atoms with Gasteiger partial charge >= 0.3 is 23.9 Å². The van der Waals surface area contributed by atoms with Crippen molar-refractivity contribution in [3.8, 4) is 11.5 Å². The van der Waals surface area contributed by atoms with E-state index in [0.29, 0.717) is 36.7 Å². The van der Waals surface area contributed by atoms with Crippen LogP contribution in [0.5, 0.6) is 11.5 Å². The van der Waals surface area contributed by atoms with Crippen molar-refractivity contribution < 1.29 is 38.1 Å². The molecular formula is C29H45NO8. The second kappa shape index (κ2) is 16.8. The van der Waals surface area contributed by atoms with Gasteiger partial charge in [0, 0.05) is 32.1 Å². The van der Waals surface area contributed by atoms with E-state index >= 15 is 0 Å². The van der Waals surface area contributed by atoms with Gasteiger partial charge in [-0.2, -0.15) is 0 Å². The number of nitrogens with two attached hydrogens (primary N) is 1. The smallest absolute Gasteiger partial charge is 0.326 e. The number of methoxy groups -OCH3 is 1. The summed E-state index contributed by atoms with van der Waals surface area (Å²) in [6.07, 6.45) is 3.68. The molecule has 0 aliphatic rings. The van der Waals surface area contributed by atoms with Gasteiger partial charge < -0.3 is 24.7 Å². The highest BCUT2D eigenvalue weighted by Gasteiger charge is 2.36. The molecule has 2 N–H and O–H groups in total. The Balaban J connectivity index is 3.12. The van der Waals surface area contributed by atoms with E-state index in [1.807, 2.05) is 34.6 Å². The molecule has 1 aromatic rings. The molecule has 214 valence electrons. The Morgan fingerprint density at radius 3 is 1.97 bits per heavy atom. The van der Waals surface area contributed by atoms with Crippen LogP contribution >= 0.6 is 0 Å². The van der Waals surface area contributed by atoms with E-state index in [9.17, 15) is 19.2 Å². The molecule has 1 atom stereocenters. The highest BCUT2D eigenvalue weighted by Crippen LogP contribution is 2.31. The lowest BCUT2D eigenvalue weighted by atomic mass is 9.88. The molecule has 0 bridgehead atoms. The van der Waals surface area contributed by atoms with Crippen LogP contribution in [-0.2, 0) is 35.1 Å². The first kappa shape index (κ1) is 33.1. The highest BCUT2D eigenvalue weighted by atomic mass is 16.6. The first-order valence-electron chi connectivity index (χ1n) is 13.5. The number of esters is 4. The van der Waals surface area contributed by atoms with Crippen molar-refractivity contribution in [3.63, 3.8) is 0 Å². The summed E-state index contributed by atoms with van der Waals surface area (Å²) in [5.41, 5.74) is 5.50. The normalized spacial score (nSPS) is 12.7. The van der Waals surface area contributed by atoms with Crippen molar-refractivity contribution in [2.24, 2.45) is 17.6 Å². The summed E-state index contributed by atoms with van der Waals surface area (Å²) in [5, 5.41) is 0. The minimum absolute atomic E-state index is 0.0182. The summed E-state index contributed by atoms with van der Waals surface area (Å²) >= 11 is 0. The van der Waals surface area contributed by atoms with Gasteiger partial charge in [-0.3, -0.25) is 19.2 Å². The standard InChI is InChI=1S/C29H45NO8/c1-7-8-9-25(31)36-17-16-29(30,28(34)35-6)19-22-12-13-23(37-26(32)14-10-20(2)3)24(18-22)38-27(33)15-11-21(4)5/h12-13,18,20-21H,7-11,14-17,19,30H2,1-6H3/t29-/m1/s1. The zero-order chi connectivity index (χ0) is 28.7. The average molecular weight is 536 g/mol. The lowest BCUT2D eigenvalue weighted by Gasteiger charge is -2.27. The summed E-state index contributed by atoms with van der Waals surface area (Å²) in [5.74, 6) is -1.06. The lowest BCUT2D eigenvalue weighted by molar-refractivity contribution is -0.151. The molecule has 0 aliphatic heterocycles. The lowest BCUT2D eigenvalue weighted by Crippen LogP contribution is -2.51. The molecule has 0 radical (unpaired) electrons. The molecule has 0 spiro atoms. The first-order chi connectivity index (χ1) is 17.9. The largest absolute Gasteiger partial charge is 0.468 e. The monoisotopic (exact) mass is 535 g/mol. The van der Waals surface area contributed by atoms with Crippen LogP contribution in [0.1, 0.15) is 91.5 Å². The second-order valence-corrected chi connectivity index (χ2v) is 10.5. The summed E-state index contributed by atoms with van der Waals surface area (Å²) in [4.78, 5) is 49.3. The topological polar surface area (TPSA) is 131 Å². The van der Waals surface area contributed by atoms with Crippen molar-refractivity contribution in [2.45, 2.75) is 97.9 Å². The molecule has 1 rings (SSSR count). The number of ether oxygens (including phenoxy) is 4. The fourth-order valence-corrected chi connectivity index (χ4v) is 3.56. The molecule has 0 fully saturated rings. The predicted molar refractivity (Wildman–Crippen MR) is 144 cm³/mol. The highest BCUT2D eigenvalue weighted by molar-refractivity contribution is 5.81. The van der Waals surface area contributed by atoms with Gasteiger partial charge in [0.25, 0.3) is 0 Å². The molecule has 0 saturated carbocycles. The van der Waals surface area contributed by atoms with Crippen molar-refractivity contribution in [3.05, 3.63) is 23.8 Å². The van der Waals surface area contributed by atoms with Gasteiger partial charge in [-0.1, -0.05) is 47.1 Å². The van der Waals surface area contributed by atoms with Crippen LogP contribution in [0.25, 0.3) is 0 Å². The SMILES string of the molecule is CCCCC(=O)OCC[C@@](N)(Cc1ccc(OC(=O)CCC(C)C)c(OC(=O)CCC(C)C)c1)C(=O)OC. The van der Waals surface area contributed by atoms with Crippen molar-refractivity contribution in [1.82, 2.24) is 0 Å². The third-order valence-electron chi connectivity index (χ3n) is 5.96. The Hall–Kier alpha value is -2.94. The predicted octanol–water partition coefficient (Wildman–Crippen LogP) is 4.91. The number of hydrogen-bond donors (Lipinski definition) is 1. The Bertz CT molecular complexity index is 927. The molecule has 0 saturated heterocycles. The fourth-order valence-electron chi connectivity index (χ4n) is 3.56. The number of hydrogen-bond acceptors (Lipinski definition) is 9. The van der Waals surface area contributed by atoms with Crippen LogP contribution in [0.2, 0.25) is 0 Å². The van der Waals surface area contributed by atoms with Crippen LogP contribution in [-0.4, -0.2) is 43.1 Å². The molecule has 0 amide bonds. The second-order valence-electron chi connectivity index (χ2n) is 10.5. The van der Waals surface area contributed by atoms with Crippen LogP contribution in [0.15, 0.2) is 18.2 Å². The molecule has 1 aromatic carbocycles. The van der Waals surface area contributed by atoms with Crippen molar-refractivity contribution in [1.29, 1.82) is 0 Å². The van der Waals surface area contributed by atoms with E-state index in [1.54, 1.807) is 6.07 Å². The van der Waals surface area contributed by atoms with Gasteiger partial charge in [0.05, 0.1) is 13.7 Å². The van der Waals surface area contributed by atoms with E-state index in [1.165, 1.54) is 19.2 Å². The molecule has 0 aliphatic carbocycles. The quantitative estimate of drug-likeness (QED) is 0.218. The van der Waals surface area contributed by atoms with Crippen molar-refractivity contribution >= 4 is 23.9 Å². The van der Waals surface area contributed by atoms with Gasteiger partial charge in [-0.25, -0.2) is 0 Å². The zero-order valence-corrected chi connectivity index (χ0v) is 23.8. The number of rotatable bonds is 17. The minimum Gasteiger partial charge on any atom is -0.468 e. The van der Waals surface area contributed by atoms with E-state index in [-0.39, 0.29) is 49.8 Å². The third kappa shape index (κ3) is 12.5. The summed E-state index contributed by atoms with van der Waals surface area (Å²) < 4.78 is 21.2. The molecule has 0 unspecified atom stereocenters. The molecule has 9 heteroatoms. The van der Waals surface area contributed by atoms with Gasteiger partial charge in [0.15, 0.2) is 11.5 Å². The van der Waals surface area contributed by atoms with Crippen LogP contribution in [0.4, 0.5) is 0 Å². The fraction of sp³-hybridized carbons (Fsp3) is 0.655. The maximum Gasteiger partial charge on any atom is 0.326 e. The van der Waals surface area contributed by atoms with E-state index < -0.39 is 23.4 Å². The zero-order valence-electron chi connectivity index (χ0n) is 23.8. The maximum absolute atomic E-state index is 12.6. The Morgan fingerprint density at radius 1 is 0.868 bits per heavy atom. The number of unbranched alkanes of at least 4 members (excludes halogenated alkanes) is 1. The van der Waals surface area contributed by atoms with Crippen LogP contribution in [0.3, 0.4) is 0 Å². The van der Waals surface area contributed by atoms with Gasteiger partial charge in [-0.15, -0.1) is 0 Å². The molecule has 38 heavy (non-hydrogen) atoms. The minimum atomic E-state index is -1.49. The Kier molecular flexibility index (Phi) is 14.6. The molecular weight excluding hydrogens is 490 g/mol. The third-order valence-corrected chi connectivity index (χ3v) is 5.96. The Labute approximate surface area is 226 Å². The van der Waals surface area contributed by atoms with E-state index in [0.717, 1.165) is 12.8 Å². The number of benzene rings is 1. The summed E-state index contributed by atoms with van der Waals surface area (Å²) in [6.45, 7) is 9.96. The van der Waals surface area contributed by atoms with Gasteiger partial charge in [-0.05, 0) is 48.8 Å². The Morgan fingerprint density at radius 2 is 1.45 bits per heavy atom. The van der Waals surface area contributed by atoms with E-state index in [4.69, 9.17) is 24.7 Å². The van der Waals surface area contributed by atoms with Crippen molar-refractivity contribution in [2.75, 3.05) is 13.7 Å². The molecule has 9 nitrogen and oxygen atoms in total. The van der Waals surface area contributed by atoms with Crippen LogP contribution < -0.4 is 15.2 Å². The van der Waals surface area contributed by atoms with Gasteiger partial charge in [0.2, 0.25) is 0 Å². The molecule has 0 aromatic heterocycles. The number of carbonyl (C=O) groups is 4. The summed E-state index contributed by atoms with van der Waals surface area (Å²) in [6, 6.07) is 4.71. The van der Waals surface area contributed by atoms with Crippen LogP contribution in [0, 0.1) is 11.8 Å². The first-order valence-corrected chi connectivity index (χ1v) is 13.5. The maximum atomic E-state index is 12.6. The number of carbonyl (C=O) groups excluding carboxylic acids is 4. The van der Waals surface area contributed by atoms with E-state index in [2.05, 4.69) is 0 Å². The summed E-state index contributed by atoms with van der Waals surface area (Å²) in [7, 11) is 1.23. The average Bonchev–Trinajstić information content (AvgIpc) is 2.85. The molecule has 0 heterocycles. The van der Waals surface area contributed by atoms with Gasteiger partial charge in [0.1, 0.15) is 5.54 Å².